The smallest absolute Gasteiger partial charge is 0.258 e. The maximum Gasteiger partial charge on any atom is 0.258 e. The molecule has 5 rings (SSSR count). The van der Waals surface area contributed by atoms with Crippen LogP contribution in [0.1, 0.15) is 38.5 Å². The maximum absolute atomic E-state index is 12.3. The molecule has 4 saturated carbocycles. The van der Waals surface area contributed by atoms with Crippen LogP contribution in [0.4, 0.5) is 0 Å². The van der Waals surface area contributed by atoms with Crippen LogP contribution >= 0.6 is 11.6 Å². The second kappa shape index (κ2) is 5.45. The molecule has 0 aromatic heterocycles. The van der Waals surface area contributed by atoms with Gasteiger partial charge in [-0.2, -0.15) is 0 Å². The van der Waals surface area contributed by atoms with Gasteiger partial charge >= 0.3 is 0 Å². The van der Waals surface area contributed by atoms with Gasteiger partial charge in [0.15, 0.2) is 6.61 Å². The summed E-state index contributed by atoms with van der Waals surface area (Å²) >= 11 is 6.05. The molecule has 0 atom stereocenters. The van der Waals surface area contributed by atoms with Crippen LogP contribution in [0.15, 0.2) is 24.3 Å². The average Bonchev–Trinajstić information content (AvgIpc) is 2.44. The Kier molecular flexibility index (Phi) is 3.56. The van der Waals surface area contributed by atoms with Gasteiger partial charge in [-0.3, -0.25) is 4.79 Å². The molecular weight excluding hydrogens is 298 g/mol. The fourth-order valence-electron chi connectivity index (χ4n) is 5.30. The normalized spacial score (nSPS) is 35.4. The number of carbonyl (C=O) groups excluding carboxylic acids is 1. The summed E-state index contributed by atoms with van der Waals surface area (Å²) in [5, 5.41) is 3.85. The van der Waals surface area contributed by atoms with E-state index in [1.165, 1.54) is 19.3 Å². The first kappa shape index (κ1) is 14.4. The van der Waals surface area contributed by atoms with Crippen molar-refractivity contribution in [2.45, 2.75) is 44.1 Å². The summed E-state index contributed by atoms with van der Waals surface area (Å²) in [5.41, 5.74) is 0.0513. The summed E-state index contributed by atoms with van der Waals surface area (Å²) in [5.74, 6) is 3.05. The Morgan fingerprint density at radius 2 is 1.73 bits per heavy atom. The minimum atomic E-state index is -0.0122. The highest BCUT2D eigenvalue weighted by molar-refractivity contribution is 6.32. The molecule has 3 nitrogen and oxygen atoms in total. The molecule has 1 amide bonds. The maximum atomic E-state index is 12.3. The van der Waals surface area contributed by atoms with E-state index in [4.69, 9.17) is 16.3 Å². The molecule has 4 heteroatoms. The topological polar surface area (TPSA) is 38.3 Å². The molecule has 4 bridgehead atoms. The van der Waals surface area contributed by atoms with Gasteiger partial charge in [-0.25, -0.2) is 0 Å². The van der Waals surface area contributed by atoms with E-state index >= 15 is 0 Å². The number of carbonyl (C=O) groups is 1. The van der Waals surface area contributed by atoms with E-state index in [1.54, 1.807) is 12.1 Å². The van der Waals surface area contributed by atoms with E-state index in [0.717, 1.165) is 37.0 Å². The molecule has 0 heterocycles. The highest BCUT2D eigenvalue weighted by atomic mass is 35.5. The van der Waals surface area contributed by atoms with Crippen LogP contribution in [0.3, 0.4) is 0 Å². The number of benzene rings is 1. The van der Waals surface area contributed by atoms with E-state index in [9.17, 15) is 4.79 Å². The monoisotopic (exact) mass is 319 g/mol. The number of amides is 1. The quantitative estimate of drug-likeness (QED) is 0.916. The predicted molar refractivity (Wildman–Crippen MR) is 86.0 cm³/mol. The molecule has 0 saturated heterocycles. The Labute approximate surface area is 136 Å². The fourth-order valence-corrected chi connectivity index (χ4v) is 5.49. The number of para-hydroxylation sites is 1. The van der Waals surface area contributed by atoms with Crippen molar-refractivity contribution in [2.75, 3.05) is 6.61 Å². The molecule has 4 fully saturated rings. The lowest BCUT2D eigenvalue weighted by atomic mass is 9.53. The van der Waals surface area contributed by atoms with Gasteiger partial charge in [-0.1, -0.05) is 23.7 Å². The highest BCUT2D eigenvalue weighted by Crippen LogP contribution is 2.55. The van der Waals surface area contributed by atoms with Gasteiger partial charge in [0.05, 0.1) is 5.02 Å². The highest BCUT2D eigenvalue weighted by Gasteiger charge is 2.51. The molecule has 1 N–H and O–H groups in total. The first-order chi connectivity index (χ1) is 10.6. The molecule has 118 valence electrons. The van der Waals surface area contributed by atoms with E-state index < -0.39 is 0 Å². The van der Waals surface area contributed by atoms with Gasteiger partial charge in [0, 0.05) is 5.54 Å². The zero-order chi connectivity index (χ0) is 15.2. The number of hydrogen-bond acceptors (Lipinski definition) is 2. The van der Waals surface area contributed by atoms with Crippen LogP contribution in [0.25, 0.3) is 0 Å². The van der Waals surface area contributed by atoms with Crippen molar-refractivity contribution < 1.29 is 9.53 Å². The number of rotatable bonds is 4. The molecule has 0 unspecified atom stereocenters. The van der Waals surface area contributed by atoms with Crippen molar-refractivity contribution in [3.05, 3.63) is 29.3 Å². The number of ether oxygens (including phenoxy) is 1. The third-order valence-electron chi connectivity index (χ3n) is 5.64. The zero-order valence-electron chi connectivity index (χ0n) is 12.7. The minimum Gasteiger partial charge on any atom is -0.482 e. The summed E-state index contributed by atoms with van der Waals surface area (Å²) in [4.78, 5) is 12.3. The molecule has 22 heavy (non-hydrogen) atoms. The zero-order valence-corrected chi connectivity index (χ0v) is 13.4. The van der Waals surface area contributed by atoms with E-state index in [0.29, 0.717) is 10.8 Å². The third-order valence-corrected chi connectivity index (χ3v) is 5.95. The molecule has 4 aliphatic carbocycles. The molecule has 0 spiro atoms. The largest absolute Gasteiger partial charge is 0.482 e. The standard InChI is InChI=1S/C18H22ClNO2/c19-15-3-1-2-4-16(15)22-11-17(21)20-18-8-12-5-13(9-18)7-14(6-12)10-18/h1-4,12-14H,5-11H2,(H,20,21). The molecular formula is C18H22ClNO2. The van der Waals surface area contributed by atoms with Crippen LogP contribution in [0, 0.1) is 17.8 Å². The summed E-state index contributed by atoms with van der Waals surface area (Å²) in [6.07, 6.45) is 7.63. The summed E-state index contributed by atoms with van der Waals surface area (Å²) in [6.45, 7) is 0.0471. The van der Waals surface area contributed by atoms with Crippen LogP contribution in [-0.4, -0.2) is 18.1 Å². The fraction of sp³-hybridized carbons (Fsp3) is 0.611. The van der Waals surface area contributed by atoms with Crippen molar-refractivity contribution in [1.82, 2.24) is 5.32 Å². The third kappa shape index (κ3) is 2.71. The second-order valence-corrected chi connectivity index (χ2v) is 7.87. The number of hydrogen-bond donors (Lipinski definition) is 1. The van der Waals surface area contributed by atoms with Crippen molar-refractivity contribution >= 4 is 17.5 Å². The van der Waals surface area contributed by atoms with Gasteiger partial charge < -0.3 is 10.1 Å². The van der Waals surface area contributed by atoms with Crippen LogP contribution in [0.5, 0.6) is 5.75 Å². The van der Waals surface area contributed by atoms with Gasteiger partial charge in [0.2, 0.25) is 0 Å². The van der Waals surface area contributed by atoms with E-state index in [-0.39, 0.29) is 18.1 Å². The van der Waals surface area contributed by atoms with E-state index in [1.807, 2.05) is 12.1 Å². The summed E-state index contributed by atoms with van der Waals surface area (Å²) in [7, 11) is 0. The lowest BCUT2D eigenvalue weighted by Gasteiger charge is -2.56. The first-order valence-corrected chi connectivity index (χ1v) is 8.68. The van der Waals surface area contributed by atoms with E-state index in [2.05, 4.69) is 5.32 Å². The Balaban J connectivity index is 1.37. The van der Waals surface area contributed by atoms with Gasteiger partial charge in [0.25, 0.3) is 5.91 Å². The second-order valence-electron chi connectivity index (χ2n) is 7.47. The number of nitrogens with one attached hydrogen (secondary N) is 1. The Morgan fingerprint density at radius 1 is 1.14 bits per heavy atom. The van der Waals surface area contributed by atoms with Gasteiger partial charge in [-0.15, -0.1) is 0 Å². The summed E-state index contributed by atoms with van der Waals surface area (Å²) < 4.78 is 5.57. The average molecular weight is 320 g/mol. The lowest BCUT2D eigenvalue weighted by molar-refractivity contribution is -0.128. The van der Waals surface area contributed by atoms with Crippen molar-refractivity contribution in [1.29, 1.82) is 0 Å². The lowest BCUT2D eigenvalue weighted by Crippen LogP contribution is -2.60. The number of halogens is 1. The van der Waals surface area contributed by atoms with Crippen LogP contribution in [-0.2, 0) is 4.79 Å². The molecule has 0 aliphatic heterocycles. The van der Waals surface area contributed by atoms with Crippen molar-refractivity contribution in [3.63, 3.8) is 0 Å². The Morgan fingerprint density at radius 3 is 2.32 bits per heavy atom. The molecule has 0 radical (unpaired) electrons. The van der Waals surface area contributed by atoms with Crippen LogP contribution < -0.4 is 10.1 Å². The van der Waals surface area contributed by atoms with Crippen molar-refractivity contribution in [3.8, 4) is 5.75 Å². The SMILES string of the molecule is O=C(COc1ccccc1Cl)NC12CC3CC(CC(C3)C1)C2. The molecule has 1 aromatic carbocycles. The van der Waals surface area contributed by atoms with Crippen molar-refractivity contribution in [2.24, 2.45) is 17.8 Å². The predicted octanol–water partition coefficient (Wildman–Crippen LogP) is 3.80. The Bertz CT molecular complexity index is 551. The van der Waals surface area contributed by atoms with Crippen LogP contribution in [0.2, 0.25) is 5.02 Å². The molecule has 1 aromatic rings. The minimum absolute atomic E-state index is 0.0122. The first-order valence-electron chi connectivity index (χ1n) is 8.30. The Hall–Kier alpha value is -1.22. The molecule has 4 aliphatic rings. The van der Waals surface area contributed by atoms with Gasteiger partial charge in [0.1, 0.15) is 5.75 Å². The van der Waals surface area contributed by atoms with Gasteiger partial charge in [-0.05, 0) is 68.4 Å². The summed E-state index contributed by atoms with van der Waals surface area (Å²) in [6, 6.07) is 7.27.